The van der Waals surface area contributed by atoms with E-state index in [-0.39, 0.29) is 11.6 Å². The third-order valence-electron chi connectivity index (χ3n) is 3.91. The molecule has 1 heterocycles. The van der Waals surface area contributed by atoms with E-state index in [1.54, 1.807) is 0 Å². The van der Waals surface area contributed by atoms with Crippen LogP contribution in [0.1, 0.15) is 46.5 Å². The van der Waals surface area contributed by atoms with Gasteiger partial charge in [0.1, 0.15) is 0 Å². The topological polar surface area (TPSA) is 32.3 Å². The summed E-state index contributed by atoms with van der Waals surface area (Å²) < 4.78 is 0. The molecular formula is C12H22N2O. The molecule has 3 heteroatoms. The third-order valence-corrected chi connectivity index (χ3v) is 3.91. The summed E-state index contributed by atoms with van der Waals surface area (Å²) in [4.78, 5) is 14.2. The molecule has 0 aromatic carbocycles. The predicted octanol–water partition coefficient (Wildman–Crippen LogP) is 1.73. The average molecular weight is 210 g/mol. The number of nitrogens with one attached hydrogen (secondary N) is 1. The second-order valence-corrected chi connectivity index (χ2v) is 5.40. The lowest BCUT2D eigenvalue weighted by Gasteiger charge is -2.35. The Morgan fingerprint density at radius 3 is 2.67 bits per heavy atom. The number of nitrogens with zero attached hydrogens (tertiary/aromatic N) is 1. The van der Waals surface area contributed by atoms with Crippen LogP contribution in [0, 0.1) is 5.92 Å². The third kappa shape index (κ3) is 1.89. The van der Waals surface area contributed by atoms with E-state index in [1.807, 2.05) is 4.90 Å². The molecule has 0 radical (unpaired) electrons. The molecule has 86 valence electrons. The zero-order chi connectivity index (χ0) is 11.1. The highest BCUT2D eigenvalue weighted by molar-refractivity contribution is 5.84. The highest BCUT2D eigenvalue weighted by Gasteiger charge is 2.47. The van der Waals surface area contributed by atoms with Gasteiger partial charge in [-0.25, -0.2) is 0 Å². The second-order valence-electron chi connectivity index (χ2n) is 5.40. The van der Waals surface area contributed by atoms with E-state index in [2.05, 4.69) is 26.1 Å². The maximum atomic E-state index is 12.1. The van der Waals surface area contributed by atoms with Crippen LogP contribution >= 0.6 is 0 Å². The molecule has 1 N–H and O–H groups in total. The Morgan fingerprint density at radius 1 is 1.47 bits per heavy atom. The van der Waals surface area contributed by atoms with Crippen LogP contribution in [-0.2, 0) is 4.79 Å². The van der Waals surface area contributed by atoms with E-state index in [1.165, 1.54) is 12.8 Å². The van der Waals surface area contributed by atoms with Crippen LogP contribution in [0.15, 0.2) is 0 Å². The van der Waals surface area contributed by atoms with Gasteiger partial charge in [-0.15, -0.1) is 0 Å². The first-order valence-electron chi connectivity index (χ1n) is 6.12. The number of rotatable bonds is 4. The van der Waals surface area contributed by atoms with E-state index in [4.69, 9.17) is 0 Å². The molecule has 1 unspecified atom stereocenters. The maximum Gasteiger partial charge on any atom is 0.241 e. The molecule has 0 bridgehead atoms. The lowest BCUT2D eigenvalue weighted by Crippen LogP contribution is -2.47. The number of amides is 1. The fourth-order valence-electron chi connectivity index (χ4n) is 2.57. The zero-order valence-electron chi connectivity index (χ0n) is 10.0. The summed E-state index contributed by atoms with van der Waals surface area (Å²) in [6, 6.07) is 0.0769. The molecule has 1 atom stereocenters. The van der Waals surface area contributed by atoms with Crippen molar-refractivity contribution in [2.45, 2.75) is 58.0 Å². The lowest BCUT2D eigenvalue weighted by atomic mass is 9.96. The Kier molecular flexibility index (Phi) is 2.75. The van der Waals surface area contributed by atoms with Crippen LogP contribution in [-0.4, -0.2) is 29.1 Å². The summed E-state index contributed by atoms with van der Waals surface area (Å²) in [5.74, 6) is 1.04. The molecule has 2 aliphatic rings. The van der Waals surface area contributed by atoms with E-state index >= 15 is 0 Å². The van der Waals surface area contributed by atoms with Crippen LogP contribution < -0.4 is 5.32 Å². The largest absolute Gasteiger partial charge is 0.323 e. The molecular weight excluding hydrogens is 188 g/mol. The van der Waals surface area contributed by atoms with E-state index < -0.39 is 0 Å². The van der Waals surface area contributed by atoms with E-state index in [0.29, 0.717) is 5.91 Å². The first-order valence-corrected chi connectivity index (χ1v) is 6.12. The van der Waals surface area contributed by atoms with E-state index in [9.17, 15) is 4.79 Å². The van der Waals surface area contributed by atoms with Crippen molar-refractivity contribution < 1.29 is 4.79 Å². The van der Waals surface area contributed by atoms with Crippen molar-refractivity contribution in [3.8, 4) is 0 Å². The molecule has 2 rings (SSSR count). The van der Waals surface area contributed by atoms with Crippen LogP contribution in [0.3, 0.4) is 0 Å². The van der Waals surface area contributed by atoms with Gasteiger partial charge in [0.15, 0.2) is 0 Å². The van der Waals surface area contributed by atoms with Gasteiger partial charge in [-0.2, -0.15) is 0 Å². The van der Waals surface area contributed by atoms with Crippen LogP contribution in [0.5, 0.6) is 0 Å². The summed E-state index contributed by atoms with van der Waals surface area (Å²) in [6.07, 6.45) is 4.61. The standard InChI is InChI=1S/C12H22N2O/c1-4-5-10-11(15)14(8-13-10)12(2,3)9-6-7-9/h9-10,13H,4-8H2,1-3H3. The Bertz CT molecular complexity index is 258. The van der Waals surface area contributed by atoms with Gasteiger partial charge in [-0.05, 0) is 39.0 Å². The molecule has 15 heavy (non-hydrogen) atoms. The first-order chi connectivity index (χ1) is 7.07. The van der Waals surface area contributed by atoms with Crippen molar-refractivity contribution in [1.29, 1.82) is 0 Å². The van der Waals surface area contributed by atoms with Gasteiger partial charge < -0.3 is 4.90 Å². The molecule has 3 nitrogen and oxygen atoms in total. The quantitative estimate of drug-likeness (QED) is 0.766. The summed E-state index contributed by atoms with van der Waals surface area (Å²) in [5, 5.41) is 3.32. The van der Waals surface area contributed by atoms with Gasteiger partial charge in [0.25, 0.3) is 0 Å². The highest BCUT2D eigenvalue weighted by atomic mass is 16.2. The number of carbonyl (C=O) groups excluding carboxylic acids is 1. The number of hydrogen-bond acceptors (Lipinski definition) is 2. The molecule has 1 aliphatic carbocycles. The summed E-state index contributed by atoms with van der Waals surface area (Å²) in [6.45, 7) is 7.29. The fraction of sp³-hybridized carbons (Fsp3) is 0.917. The summed E-state index contributed by atoms with van der Waals surface area (Å²) in [5.41, 5.74) is 0.0621. The minimum absolute atomic E-state index is 0.0621. The van der Waals surface area contributed by atoms with Gasteiger partial charge in [0.2, 0.25) is 5.91 Å². The lowest BCUT2D eigenvalue weighted by molar-refractivity contribution is -0.134. The Morgan fingerprint density at radius 2 is 2.13 bits per heavy atom. The smallest absolute Gasteiger partial charge is 0.241 e. The zero-order valence-corrected chi connectivity index (χ0v) is 10.0. The van der Waals surface area contributed by atoms with Crippen LogP contribution in [0.25, 0.3) is 0 Å². The average Bonchev–Trinajstić information content (AvgIpc) is 2.95. The second kappa shape index (κ2) is 3.78. The normalized spacial score (nSPS) is 27.5. The fourth-order valence-corrected chi connectivity index (χ4v) is 2.57. The molecule has 1 saturated carbocycles. The van der Waals surface area contributed by atoms with Crippen molar-refractivity contribution in [1.82, 2.24) is 10.2 Å². The predicted molar refractivity (Wildman–Crippen MR) is 60.3 cm³/mol. The Labute approximate surface area is 92.2 Å². The molecule has 1 saturated heterocycles. The van der Waals surface area contributed by atoms with Gasteiger partial charge in [-0.1, -0.05) is 13.3 Å². The number of carbonyl (C=O) groups is 1. The summed E-state index contributed by atoms with van der Waals surface area (Å²) >= 11 is 0. The molecule has 2 fully saturated rings. The van der Waals surface area contributed by atoms with Gasteiger partial charge in [0.05, 0.1) is 12.7 Å². The summed E-state index contributed by atoms with van der Waals surface area (Å²) in [7, 11) is 0. The van der Waals surface area contributed by atoms with Gasteiger partial charge in [0, 0.05) is 5.54 Å². The highest BCUT2D eigenvalue weighted by Crippen LogP contribution is 2.43. The minimum atomic E-state index is 0.0621. The van der Waals surface area contributed by atoms with Crippen LogP contribution in [0.4, 0.5) is 0 Å². The first kappa shape index (κ1) is 10.9. The minimum Gasteiger partial charge on any atom is -0.323 e. The van der Waals surface area contributed by atoms with Gasteiger partial charge in [-0.3, -0.25) is 10.1 Å². The van der Waals surface area contributed by atoms with Crippen molar-refractivity contribution >= 4 is 5.91 Å². The van der Waals surface area contributed by atoms with E-state index in [0.717, 1.165) is 25.4 Å². The SMILES string of the molecule is CCCC1NCN(C(C)(C)C2CC2)C1=O. The number of hydrogen-bond donors (Lipinski definition) is 1. The van der Waals surface area contributed by atoms with Gasteiger partial charge >= 0.3 is 0 Å². The molecule has 0 spiro atoms. The van der Waals surface area contributed by atoms with Crippen molar-refractivity contribution in [2.24, 2.45) is 5.92 Å². The Hall–Kier alpha value is -0.570. The van der Waals surface area contributed by atoms with Crippen molar-refractivity contribution in [3.63, 3.8) is 0 Å². The molecule has 1 aliphatic heterocycles. The molecule has 0 aromatic rings. The molecule has 1 amide bonds. The maximum absolute atomic E-state index is 12.1. The van der Waals surface area contributed by atoms with Crippen LogP contribution in [0.2, 0.25) is 0 Å². The molecule has 0 aromatic heterocycles. The van der Waals surface area contributed by atoms with Crippen molar-refractivity contribution in [3.05, 3.63) is 0 Å². The monoisotopic (exact) mass is 210 g/mol. The van der Waals surface area contributed by atoms with Crippen molar-refractivity contribution in [2.75, 3.05) is 6.67 Å². The Balaban J connectivity index is 2.02.